The van der Waals surface area contributed by atoms with E-state index in [1.807, 2.05) is 19.9 Å². The third-order valence-electron chi connectivity index (χ3n) is 3.93. The van der Waals surface area contributed by atoms with Crippen molar-refractivity contribution in [3.8, 4) is 5.88 Å². The highest BCUT2D eigenvalue weighted by Crippen LogP contribution is 2.08. The molecule has 0 atom stereocenters. The van der Waals surface area contributed by atoms with Gasteiger partial charge < -0.3 is 19.5 Å². The predicted octanol–water partition coefficient (Wildman–Crippen LogP) is 1.63. The molecule has 1 saturated heterocycles. The van der Waals surface area contributed by atoms with Crippen LogP contribution in [0.1, 0.15) is 25.8 Å². The lowest BCUT2D eigenvalue weighted by Crippen LogP contribution is -2.47. The van der Waals surface area contributed by atoms with Crippen LogP contribution in [0.3, 0.4) is 0 Å². The summed E-state index contributed by atoms with van der Waals surface area (Å²) in [4.78, 5) is 9.09. The van der Waals surface area contributed by atoms with Gasteiger partial charge in [0, 0.05) is 58.6 Å². The zero-order valence-electron chi connectivity index (χ0n) is 15.4. The van der Waals surface area contributed by atoms with Crippen molar-refractivity contribution in [2.75, 3.05) is 59.6 Å². The van der Waals surface area contributed by atoms with E-state index in [-0.39, 0.29) is 6.61 Å². The Hall–Kier alpha value is -1.21. The maximum absolute atomic E-state index is 8.96. The minimum atomic E-state index is 0.0175. The number of piperazine rings is 1. The van der Waals surface area contributed by atoms with Gasteiger partial charge in [-0.3, -0.25) is 4.90 Å². The first-order valence-electron chi connectivity index (χ1n) is 8.94. The van der Waals surface area contributed by atoms with E-state index in [2.05, 4.69) is 14.8 Å². The van der Waals surface area contributed by atoms with E-state index < -0.39 is 0 Å². The normalized spacial score (nSPS) is 15.7. The fourth-order valence-electron chi connectivity index (χ4n) is 2.51. The van der Waals surface area contributed by atoms with Crippen molar-refractivity contribution in [2.45, 2.75) is 26.9 Å². The number of aromatic nitrogens is 1. The number of aliphatic hydroxyl groups is 1. The summed E-state index contributed by atoms with van der Waals surface area (Å²) in [5.41, 5.74) is 0.804. The number of rotatable bonds is 9. The summed E-state index contributed by atoms with van der Waals surface area (Å²) in [7, 11) is 1.75. The standard InChI is InChI=1S/C16H27N3O3.C2H6/c1-21-12-10-19-8-6-18(7-9-19)5-2-11-22-16-4-3-15(14-20)13-17-16;1-2/h3-4,13,20H,2,5-12,14H2,1H3;1-2H3. The van der Waals surface area contributed by atoms with E-state index in [1.165, 1.54) is 0 Å². The molecular formula is C18H33N3O3. The number of hydrogen-bond donors (Lipinski definition) is 1. The fourth-order valence-corrected chi connectivity index (χ4v) is 2.51. The molecule has 0 amide bonds. The smallest absolute Gasteiger partial charge is 0.213 e. The number of aliphatic hydroxyl groups excluding tert-OH is 1. The second kappa shape index (κ2) is 13.1. The van der Waals surface area contributed by atoms with Crippen molar-refractivity contribution in [3.05, 3.63) is 23.9 Å². The molecule has 0 aliphatic carbocycles. The average Bonchev–Trinajstić information content (AvgIpc) is 2.66. The van der Waals surface area contributed by atoms with Gasteiger partial charge in [-0.15, -0.1) is 0 Å². The number of nitrogens with zero attached hydrogens (tertiary/aromatic N) is 3. The predicted molar refractivity (Wildman–Crippen MR) is 96.4 cm³/mol. The Kier molecular flexibility index (Phi) is 11.4. The Morgan fingerprint density at radius 3 is 2.25 bits per heavy atom. The summed E-state index contributed by atoms with van der Waals surface area (Å²) < 4.78 is 10.7. The topological polar surface area (TPSA) is 58.1 Å². The Morgan fingerprint density at radius 2 is 1.71 bits per heavy atom. The van der Waals surface area contributed by atoms with Crippen molar-refractivity contribution in [3.63, 3.8) is 0 Å². The van der Waals surface area contributed by atoms with Crippen LogP contribution in [0.2, 0.25) is 0 Å². The molecule has 1 aliphatic heterocycles. The van der Waals surface area contributed by atoms with Gasteiger partial charge in [-0.25, -0.2) is 4.98 Å². The second-order valence-corrected chi connectivity index (χ2v) is 5.54. The molecule has 1 aromatic heterocycles. The van der Waals surface area contributed by atoms with Crippen LogP contribution in [0, 0.1) is 0 Å². The minimum Gasteiger partial charge on any atom is -0.478 e. The van der Waals surface area contributed by atoms with E-state index in [4.69, 9.17) is 14.6 Å². The van der Waals surface area contributed by atoms with E-state index >= 15 is 0 Å². The third kappa shape index (κ3) is 8.06. The van der Waals surface area contributed by atoms with E-state index in [1.54, 1.807) is 19.4 Å². The molecule has 0 unspecified atom stereocenters. The molecule has 0 bridgehead atoms. The average molecular weight is 339 g/mol. The van der Waals surface area contributed by atoms with Gasteiger partial charge in [0.05, 0.1) is 19.8 Å². The second-order valence-electron chi connectivity index (χ2n) is 5.54. The van der Waals surface area contributed by atoms with Crippen LogP contribution in [0.25, 0.3) is 0 Å². The van der Waals surface area contributed by atoms with Crippen LogP contribution in [0.15, 0.2) is 18.3 Å². The van der Waals surface area contributed by atoms with Gasteiger partial charge in [0.2, 0.25) is 5.88 Å². The van der Waals surface area contributed by atoms with Gasteiger partial charge >= 0.3 is 0 Å². The van der Waals surface area contributed by atoms with Crippen LogP contribution in [0.5, 0.6) is 5.88 Å². The molecule has 2 rings (SSSR count). The molecule has 0 saturated carbocycles. The van der Waals surface area contributed by atoms with Crippen molar-refractivity contribution < 1.29 is 14.6 Å². The zero-order chi connectivity index (χ0) is 17.6. The molecule has 6 heteroatoms. The lowest BCUT2D eigenvalue weighted by Gasteiger charge is -2.34. The largest absolute Gasteiger partial charge is 0.478 e. The van der Waals surface area contributed by atoms with Crippen molar-refractivity contribution in [1.82, 2.24) is 14.8 Å². The molecule has 0 radical (unpaired) electrons. The summed E-state index contributed by atoms with van der Waals surface area (Å²) in [5, 5.41) is 8.96. The van der Waals surface area contributed by atoms with Gasteiger partial charge in [0.1, 0.15) is 0 Å². The number of pyridine rings is 1. The lowest BCUT2D eigenvalue weighted by atomic mass is 10.3. The lowest BCUT2D eigenvalue weighted by molar-refractivity contribution is 0.0940. The zero-order valence-corrected chi connectivity index (χ0v) is 15.4. The number of methoxy groups -OCH3 is 1. The van der Waals surface area contributed by atoms with Crippen molar-refractivity contribution in [2.24, 2.45) is 0 Å². The molecule has 138 valence electrons. The highest BCUT2D eigenvalue weighted by molar-refractivity contribution is 5.16. The van der Waals surface area contributed by atoms with Gasteiger partial charge in [-0.2, -0.15) is 0 Å². The summed E-state index contributed by atoms with van der Waals surface area (Å²) in [6.07, 6.45) is 2.65. The molecule has 0 spiro atoms. The summed E-state index contributed by atoms with van der Waals surface area (Å²) in [6, 6.07) is 3.64. The molecule has 1 aromatic rings. The van der Waals surface area contributed by atoms with Crippen LogP contribution in [-0.4, -0.2) is 79.5 Å². The van der Waals surface area contributed by atoms with Crippen LogP contribution in [0.4, 0.5) is 0 Å². The molecule has 6 nitrogen and oxygen atoms in total. The van der Waals surface area contributed by atoms with E-state index in [9.17, 15) is 0 Å². The van der Waals surface area contributed by atoms with Gasteiger partial charge in [0.25, 0.3) is 0 Å². The first-order valence-corrected chi connectivity index (χ1v) is 8.94. The van der Waals surface area contributed by atoms with Crippen molar-refractivity contribution >= 4 is 0 Å². The van der Waals surface area contributed by atoms with Gasteiger partial charge in [-0.1, -0.05) is 13.8 Å². The van der Waals surface area contributed by atoms with Crippen LogP contribution in [-0.2, 0) is 11.3 Å². The molecular weight excluding hydrogens is 306 g/mol. The molecule has 24 heavy (non-hydrogen) atoms. The summed E-state index contributed by atoms with van der Waals surface area (Å²) >= 11 is 0. The summed E-state index contributed by atoms with van der Waals surface area (Å²) in [6.45, 7) is 12.1. The minimum absolute atomic E-state index is 0.0175. The van der Waals surface area contributed by atoms with Crippen molar-refractivity contribution in [1.29, 1.82) is 0 Å². The maximum Gasteiger partial charge on any atom is 0.213 e. The molecule has 1 N–H and O–H groups in total. The molecule has 2 heterocycles. The highest BCUT2D eigenvalue weighted by Gasteiger charge is 2.15. The third-order valence-corrected chi connectivity index (χ3v) is 3.93. The Bertz CT molecular complexity index is 406. The SMILES string of the molecule is CC.COCCN1CCN(CCCOc2ccc(CO)cn2)CC1. The Balaban J connectivity index is 0.00000139. The van der Waals surface area contributed by atoms with E-state index in [0.717, 1.165) is 57.9 Å². The number of ether oxygens (including phenoxy) is 2. The number of hydrogen-bond acceptors (Lipinski definition) is 6. The first-order chi connectivity index (χ1) is 11.8. The Labute approximate surface area is 146 Å². The molecule has 1 aliphatic rings. The molecule has 1 fully saturated rings. The monoisotopic (exact) mass is 339 g/mol. The Morgan fingerprint density at radius 1 is 1.04 bits per heavy atom. The quantitative estimate of drug-likeness (QED) is 0.690. The summed E-state index contributed by atoms with van der Waals surface area (Å²) in [5.74, 6) is 0.626. The molecule has 0 aromatic carbocycles. The highest BCUT2D eigenvalue weighted by atomic mass is 16.5. The van der Waals surface area contributed by atoms with E-state index in [0.29, 0.717) is 12.5 Å². The van der Waals surface area contributed by atoms with Crippen LogP contribution >= 0.6 is 0 Å². The van der Waals surface area contributed by atoms with Crippen LogP contribution < -0.4 is 4.74 Å². The maximum atomic E-state index is 8.96. The first kappa shape index (κ1) is 20.8. The van der Waals surface area contributed by atoms with Gasteiger partial charge in [0.15, 0.2) is 0 Å². The fraction of sp³-hybridized carbons (Fsp3) is 0.722. The van der Waals surface area contributed by atoms with Gasteiger partial charge in [-0.05, 0) is 18.1 Å².